The number of carbonyl (C=O) groups excluding carboxylic acids is 2. The maximum atomic E-state index is 13.9. The smallest absolute Gasteiger partial charge is 0.315 e. The Hall–Kier alpha value is -2.86. The van der Waals surface area contributed by atoms with Gasteiger partial charge in [0.1, 0.15) is 0 Å². The number of nitrogens with zero attached hydrogens (tertiary/aromatic N) is 2. The van der Waals surface area contributed by atoms with E-state index in [9.17, 15) is 9.59 Å². The fraction of sp³-hybridized carbons (Fsp3) is 0.310. The molecule has 3 amide bonds. The number of likely N-dealkylation sites (tertiary alicyclic amines) is 1. The van der Waals surface area contributed by atoms with E-state index in [1.165, 1.54) is 10.5 Å². The number of urea groups is 1. The molecule has 2 heterocycles. The number of rotatable bonds is 7. The van der Waals surface area contributed by atoms with Crippen LogP contribution in [0.3, 0.4) is 0 Å². The second-order valence-corrected chi connectivity index (χ2v) is 10.4. The summed E-state index contributed by atoms with van der Waals surface area (Å²) in [6.07, 6.45) is 2.99. The van der Waals surface area contributed by atoms with Gasteiger partial charge in [0.05, 0.1) is 0 Å². The van der Waals surface area contributed by atoms with Crippen LogP contribution in [0, 0.1) is 0 Å². The molecule has 186 valence electrons. The van der Waals surface area contributed by atoms with Crippen LogP contribution < -0.4 is 5.32 Å². The van der Waals surface area contributed by atoms with Crippen LogP contribution in [0.15, 0.2) is 78.9 Å². The molecule has 3 aromatic carbocycles. The van der Waals surface area contributed by atoms with E-state index in [1.54, 1.807) is 48.5 Å². The van der Waals surface area contributed by atoms with Crippen LogP contribution in [0.2, 0.25) is 10.0 Å². The number of hydrogen-bond acceptors (Lipinski definition) is 3. The normalized spacial score (nSPS) is 18.4. The molecule has 0 aliphatic carbocycles. The van der Waals surface area contributed by atoms with E-state index in [0.717, 1.165) is 38.9 Å². The molecule has 0 aromatic heterocycles. The monoisotopic (exact) mass is 521 g/mol. The Balaban J connectivity index is 1.26. The molecule has 7 heteroatoms. The Kier molecular flexibility index (Phi) is 7.33. The Morgan fingerprint density at radius 1 is 0.778 bits per heavy atom. The van der Waals surface area contributed by atoms with Crippen LogP contribution in [0.4, 0.5) is 4.79 Å². The molecule has 1 N–H and O–H groups in total. The number of piperidine rings is 1. The summed E-state index contributed by atoms with van der Waals surface area (Å²) in [4.78, 5) is 30.7. The van der Waals surface area contributed by atoms with Crippen LogP contribution >= 0.6 is 23.2 Å². The van der Waals surface area contributed by atoms with E-state index >= 15 is 0 Å². The van der Waals surface area contributed by atoms with Gasteiger partial charge in [-0.15, -0.1) is 0 Å². The first-order valence-electron chi connectivity index (χ1n) is 12.4. The molecular formula is C29H29Cl2N3O2. The van der Waals surface area contributed by atoms with Gasteiger partial charge in [-0.3, -0.25) is 9.69 Å². The number of hydrogen-bond donors (Lipinski definition) is 1. The summed E-state index contributed by atoms with van der Waals surface area (Å²) in [7, 11) is 0. The molecular weight excluding hydrogens is 493 g/mol. The highest BCUT2D eigenvalue weighted by Gasteiger charge is 2.53. The first kappa shape index (κ1) is 24.8. The highest BCUT2D eigenvalue weighted by molar-refractivity contribution is 6.31. The molecule has 5 nitrogen and oxygen atoms in total. The predicted octanol–water partition coefficient (Wildman–Crippen LogP) is 6.06. The second-order valence-electron chi connectivity index (χ2n) is 9.53. The standard InChI is InChI=1S/C29H29Cl2N3O2/c30-25-11-7-23(8-12-25)29(24-9-13-26(31)14-10-24)27(35)34(28(36)32-29)18-4-17-33-19-15-22(16-20-33)21-5-2-1-3-6-21/h1-3,5-14,22H,4,15-20H2,(H,32,36). The molecule has 2 aliphatic heterocycles. The van der Waals surface area contributed by atoms with E-state index < -0.39 is 5.54 Å². The van der Waals surface area contributed by atoms with E-state index in [0.29, 0.717) is 33.6 Å². The third-order valence-corrected chi connectivity index (χ3v) is 7.88. The summed E-state index contributed by atoms with van der Waals surface area (Å²) in [5.41, 5.74) is 1.44. The van der Waals surface area contributed by atoms with Gasteiger partial charge in [-0.2, -0.15) is 0 Å². The molecule has 0 saturated carbocycles. The van der Waals surface area contributed by atoms with Gasteiger partial charge in [0.15, 0.2) is 5.54 Å². The zero-order valence-corrected chi connectivity index (χ0v) is 21.5. The maximum Gasteiger partial charge on any atom is 0.325 e. The number of amides is 3. The molecule has 36 heavy (non-hydrogen) atoms. The summed E-state index contributed by atoms with van der Waals surface area (Å²) in [5.74, 6) is 0.327. The minimum atomic E-state index is -1.31. The summed E-state index contributed by atoms with van der Waals surface area (Å²) in [6, 6.07) is 24.4. The lowest BCUT2D eigenvalue weighted by atomic mass is 9.82. The fourth-order valence-electron chi connectivity index (χ4n) is 5.40. The molecule has 3 aromatic rings. The first-order valence-corrected chi connectivity index (χ1v) is 13.2. The molecule has 2 fully saturated rings. The van der Waals surface area contributed by atoms with Crippen molar-refractivity contribution in [2.45, 2.75) is 30.7 Å². The Morgan fingerprint density at radius 3 is 1.89 bits per heavy atom. The van der Waals surface area contributed by atoms with Crippen LogP contribution in [-0.4, -0.2) is 47.9 Å². The lowest BCUT2D eigenvalue weighted by molar-refractivity contribution is -0.130. The van der Waals surface area contributed by atoms with Crippen molar-refractivity contribution in [3.8, 4) is 0 Å². The van der Waals surface area contributed by atoms with Gasteiger partial charge in [-0.1, -0.05) is 77.8 Å². The van der Waals surface area contributed by atoms with E-state index in [2.05, 4.69) is 40.5 Å². The van der Waals surface area contributed by atoms with Crippen molar-refractivity contribution in [1.82, 2.24) is 15.1 Å². The average Bonchev–Trinajstić information content (AvgIpc) is 3.16. The van der Waals surface area contributed by atoms with Crippen LogP contribution in [0.1, 0.15) is 41.9 Å². The van der Waals surface area contributed by atoms with Crippen molar-refractivity contribution in [3.05, 3.63) is 106 Å². The average molecular weight is 522 g/mol. The van der Waals surface area contributed by atoms with Gasteiger partial charge in [0.2, 0.25) is 0 Å². The zero-order chi connectivity index (χ0) is 25.1. The maximum absolute atomic E-state index is 13.9. The van der Waals surface area contributed by atoms with E-state index in [-0.39, 0.29) is 11.9 Å². The Bertz CT molecular complexity index is 1160. The third kappa shape index (κ3) is 4.88. The minimum Gasteiger partial charge on any atom is -0.315 e. The summed E-state index contributed by atoms with van der Waals surface area (Å²) >= 11 is 12.2. The Morgan fingerprint density at radius 2 is 1.33 bits per heavy atom. The van der Waals surface area contributed by atoms with Gasteiger partial charge >= 0.3 is 6.03 Å². The van der Waals surface area contributed by atoms with Gasteiger partial charge < -0.3 is 10.2 Å². The second kappa shape index (κ2) is 10.6. The zero-order valence-electron chi connectivity index (χ0n) is 20.0. The molecule has 0 bridgehead atoms. The molecule has 0 spiro atoms. The van der Waals surface area contributed by atoms with E-state index in [4.69, 9.17) is 23.2 Å². The molecule has 0 atom stereocenters. The summed E-state index contributed by atoms with van der Waals surface area (Å²) in [6.45, 7) is 3.28. The first-order chi connectivity index (χ1) is 17.5. The molecule has 2 aliphatic rings. The van der Waals surface area contributed by atoms with Crippen LogP contribution in [-0.2, 0) is 10.3 Å². The number of carbonyl (C=O) groups is 2. The van der Waals surface area contributed by atoms with Gasteiger partial charge in [0, 0.05) is 16.6 Å². The highest BCUT2D eigenvalue weighted by Crippen LogP contribution is 2.37. The summed E-state index contributed by atoms with van der Waals surface area (Å²) < 4.78 is 0. The Labute approximate surface area is 222 Å². The number of imide groups is 1. The SMILES string of the molecule is O=C1NC(c2ccc(Cl)cc2)(c2ccc(Cl)cc2)C(=O)N1CCCN1CCC(c2ccccc2)CC1. The number of nitrogens with one attached hydrogen (secondary N) is 1. The van der Waals surface area contributed by atoms with Crippen molar-refractivity contribution in [3.63, 3.8) is 0 Å². The fourth-order valence-corrected chi connectivity index (χ4v) is 5.66. The minimum absolute atomic E-state index is 0.278. The van der Waals surface area contributed by atoms with Gasteiger partial charge in [0.25, 0.3) is 5.91 Å². The van der Waals surface area contributed by atoms with E-state index in [1.807, 2.05) is 0 Å². The van der Waals surface area contributed by atoms with Crippen molar-refractivity contribution >= 4 is 35.1 Å². The molecule has 0 unspecified atom stereocenters. The lowest BCUT2D eigenvalue weighted by Crippen LogP contribution is -2.45. The third-order valence-electron chi connectivity index (χ3n) is 7.37. The van der Waals surface area contributed by atoms with Gasteiger partial charge in [-0.05, 0) is 85.8 Å². The van der Waals surface area contributed by atoms with Gasteiger partial charge in [-0.25, -0.2) is 4.79 Å². The molecule has 5 rings (SSSR count). The van der Waals surface area contributed by atoms with Crippen molar-refractivity contribution < 1.29 is 9.59 Å². The molecule has 0 radical (unpaired) electrons. The largest absolute Gasteiger partial charge is 0.325 e. The van der Waals surface area contributed by atoms with Crippen LogP contribution in [0.25, 0.3) is 0 Å². The number of benzene rings is 3. The van der Waals surface area contributed by atoms with Crippen LogP contribution in [0.5, 0.6) is 0 Å². The topological polar surface area (TPSA) is 52.7 Å². The summed E-state index contributed by atoms with van der Waals surface area (Å²) in [5, 5.41) is 4.12. The quantitative estimate of drug-likeness (QED) is 0.384. The highest BCUT2D eigenvalue weighted by atomic mass is 35.5. The lowest BCUT2D eigenvalue weighted by Gasteiger charge is -2.32. The predicted molar refractivity (Wildman–Crippen MR) is 143 cm³/mol. The number of halogens is 2. The molecule has 2 saturated heterocycles. The van der Waals surface area contributed by atoms with Crippen molar-refractivity contribution in [2.75, 3.05) is 26.2 Å². The van der Waals surface area contributed by atoms with Crippen molar-refractivity contribution in [2.24, 2.45) is 0 Å². The van der Waals surface area contributed by atoms with Crippen molar-refractivity contribution in [1.29, 1.82) is 0 Å².